The Bertz CT molecular complexity index is 1430. The van der Waals surface area contributed by atoms with Crippen molar-refractivity contribution in [3.8, 4) is 11.1 Å². The topological polar surface area (TPSA) is 49.4 Å². The number of fused-ring (bicyclic) bond motifs is 1. The fraction of sp³-hybridized carbons (Fsp3) is 0.161. The van der Waals surface area contributed by atoms with Gasteiger partial charge in [0.15, 0.2) is 0 Å². The summed E-state index contributed by atoms with van der Waals surface area (Å²) in [4.78, 5) is 27.1. The van der Waals surface area contributed by atoms with Crippen molar-refractivity contribution in [3.05, 3.63) is 114 Å². The van der Waals surface area contributed by atoms with Crippen LogP contribution in [0.1, 0.15) is 42.3 Å². The van der Waals surface area contributed by atoms with E-state index < -0.39 is 11.7 Å². The van der Waals surface area contributed by atoms with Gasteiger partial charge in [-0.2, -0.15) is 0 Å². The van der Waals surface area contributed by atoms with Crippen molar-refractivity contribution < 1.29 is 14.0 Å². The van der Waals surface area contributed by atoms with Crippen molar-refractivity contribution in [1.29, 1.82) is 0 Å². The summed E-state index contributed by atoms with van der Waals surface area (Å²) in [6, 6.07) is 27.5. The molecule has 0 spiro atoms. The van der Waals surface area contributed by atoms with E-state index >= 15 is 0 Å². The van der Waals surface area contributed by atoms with Crippen LogP contribution in [-0.2, 0) is 16.8 Å². The van der Waals surface area contributed by atoms with Gasteiger partial charge in [0.05, 0.1) is 17.8 Å². The number of para-hydroxylation sites is 1. The molecule has 0 aromatic heterocycles. The molecule has 4 nitrogen and oxygen atoms in total. The number of carbonyl (C=O) groups excluding carboxylic acids is 2. The number of nitrogens with zero attached hydrogens (tertiary/aromatic N) is 1. The van der Waals surface area contributed by atoms with Gasteiger partial charge in [-0.15, -0.1) is 0 Å². The van der Waals surface area contributed by atoms with Crippen LogP contribution in [0.5, 0.6) is 0 Å². The minimum atomic E-state index is -0.555. The molecule has 1 N–H and O–H groups in total. The van der Waals surface area contributed by atoms with Gasteiger partial charge in [0, 0.05) is 16.9 Å². The SMILES string of the molecule is CC(C)(C)c1ccc(Nc2ccc(CN3C(=O)C(=O)c4cccc(-c5ccc(F)cc5)c43)cc2)cc1. The van der Waals surface area contributed by atoms with Crippen LogP contribution in [0.4, 0.5) is 21.5 Å². The zero-order valence-corrected chi connectivity index (χ0v) is 20.5. The third kappa shape index (κ3) is 4.52. The Kier molecular flexibility index (Phi) is 5.92. The molecule has 0 saturated carbocycles. The van der Waals surface area contributed by atoms with Crippen LogP contribution < -0.4 is 10.2 Å². The van der Waals surface area contributed by atoms with Gasteiger partial charge in [-0.1, -0.05) is 69.3 Å². The largest absolute Gasteiger partial charge is 0.356 e. The maximum atomic E-state index is 13.5. The second-order valence-electron chi connectivity index (χ2n) is 10.1. The number of benzene rings is 4. The molecule has 0 unspecified atom stereocenters. The molecule has 36 heavy (non-hydrogen) atoms. The molecule has 1 aliphatic rings. The first-order chi connectivity index (χ1) is 17.2. The van der Waals surface area contributed by atoms with E-state index in [-0.39, 0.29) is 17.8 Å². The normalized spacial score (nSPS) is 13.2. The number of carbonyl (C=O) groups is 2. The molecule has 0 radical (unpaired) electrons. The summed E-state index contributed by atoms with van der Waals surface area (Å²) in [5.41, 5.74) is 6.61. The fourth-order valence-electron chi connectivity index (χ4n) is 4.47. The lowest BCUT2D eigenvalue weighted by atomic mass is 9.87. The van der Waals surface area contributed by atoms with Gasteiger partial charge in [0.2, 0.25) is 0 Å². The predicted molar refractivity (Wildman–Crippen MR) is 142 cm³/mol. The van der Waals surface area contributed by atoms with Crippen LogP contribution >= 0.6 is 0 Å². The Morgan fingerprint density at radius 1 is 0.750 bits per heavy atom. The highest BCUT2D eigenvalue weighted by Gasteiger charge is 2.37. The van der Waals surface area contributed by atoms with Crippen molar-refractivity contribution in [2.24, 2.45) is 0 Å². The molecule has 4 aromatic carbocycles. The van der Waals surface area contributed by atoms with Crippen LogP contribution in [0.3, 0.4) is 0 Å². The number of halogens is 1. The molecule has 0 aliphatic carbocycles. The average molecular weight is 479 g/mol. The standard InChI is InChI=1S/C31H27FN2O2/c1-31(2,3)22-11-17-25(18-12-22)33-24-15-7-20(8-16-24)19-34-28-26(21-9-13-23(32)14-10-21)5-4-6-27(28)29(35)30(34)36/h4-18,33H,19H2,1-3H3. The lowest BCUT2D eigenvalue weighted by molar-refractivity contribution is -0.114. The van der Waals surface area contributed by atoms with Crippen molar-refractivity contribution >= 4 is 28.8 Å². The highest BCUT2D eigenvalue weighted by atomic mass is 19.1. The summed E-state index contributed by atoms with van der Waals surface area (Å²) in [5, 5.41) is 3.40. The maximum absolute atomic E-state index is 13.5. The van der Waals surface area contributed by atoms with E-state index in [4.69, 9.17) is 0 Å². The Morgan fingerprint density at radius 2 is 1.33 bits per heavy atom. The molecular weight excluding hydrogens is 451 g/mol. The van der Waals surface area contributed by atoms with Crippen LogP contribution in [0.15, 0.2) is 91.0 Å². The lowest BCUT2D eigenvalue weighted by Crippen LogP contribution is -2.29. The number of hydrogen-bond donors (Lipinski definition) is 1. The van der Waals surface area contributed by atoms with Crippen LogP contribution in [-0.4, -0.2) is 11.7 Å². The van der Waals surface area contributed by atoms with Gasteiger partial charge in [0.1, 0.15) is 5.82 Å². The Labute approximate surface area is 210 Å². The smallest absolute Gasteiger partial charge is 0.299 e. The van der Waals surface area contributed by atoms with E-state index in [9.17, 15) is 14.0 Å². The van der Waals surface area contributed by atoms with Gasteiger partial charge >= 0.3 is 0 Å². The van der Waals surface area contributed by atoms with Gasteiger partial charge in [0.25, 0.3) is 11.7 Å². The van der Waals surface area contributed by atoms with Gasteiger partial charge in [-0.3, -0.25) is 14.5 Å². The molecule has 1 heterocycles. The number of Topliss-reactive ketones (excluding diaryl/α,β-unsaturated/α-hetero) is 1. The summed E-state index contributed by atoms with van der Waals surface area (Å²) in [5.74, 6) is -1.42. The molecule has 5 heteroatoms. The molecule has 5 rings (SSSR count). The number of anilines is 3. The van der Waals surface area contributed by atoms with Crippen LogP contribution in [0.2, 0.25) is 0 Å². The van der Waals surface area contributed by atoms with Gasteiger partial charge < -0.3 is 5.32 Å². The van der Waals surface area contributed by atoms with E-state index in [1.807, 2.05) is 30.3 Å². The monoisotopic (exact) mass is 478 g/mol. The van der Waals surface area contributed by atoms with Gasteiger partial charge in [-0.25, -0.2) is 4.39 Å². The van der Waals surface area contributed by atoms with E-state index in [2.05, 4.69) is 50.4 Å². The predicted octanol–water partition coefficient (Wildman–Crippen LogP) is 7.26. The molecule has 0 bridgehead atoms. The number of ketones is 1. The third-order valence-electron chi connectivity index (χ3n) is 6.48. The lowest BCUT2D eigenvalue weighted by Gasteiger charge is -2.20. The summed E-state index contributed by atoms with van der Waals surface area (Å²) in [7, 11) is 0. The average Bonchev–Trinajstić information content (AvgIpc) is 3.10. The quantitative estimate of drug-likeness (QED) is 0.307. The molecular formula is C31H27FN2O2. The van der Waals surface area contributed by atoms with Crippen LogP contribution in [0.25, 0.3) is 11.1 Å². The molecule has 0 saturated heterocycles. The first kappa shape index (κ1) is 23.5. The molecule has 1 amide bonds. The minimum absolute atomic E-state index is 0.101. The number of hydrogen-bond acceptors (Lipinski definition) is 3. The fourth-order valence-corrected chi connectivity index (χ4v) is 4.47. The van der Waals surface area contributed by atoms with Crippen molar-refractivity contribution in [3.63, 3.8) is 0 Å². The molecule has 1 aliphatic heterocycles. The highest BCUT2D eigenvalue weighted by Crippen LogP contribution is 2.39. The molecule has 0 atom stereocenters. The maximum Gasteiger partial charge on any atom is 0.299 e. The zero-order valence-electron chi connectivity index (χ0n) is 20.5. The third-order valence-corrected chi connectivity index (χ3v) is 6.48. The number of nitrogens with one attached hydrogen (secondary N) is 1. The van der Waals surface area contributed by atoms with Crippen molar-refractivity contribution in [2.75, 3.05) is 10.2 Å². The van der Waals surface area contributed by atoms with Crippen LogP contribution in [0, 0.1) is 5.82 Å². The van der Waals surface area contributed by atoms with E-state index in [0.29, 0.717) is 11.3 Å². The van der Waals surface area contributed by atoms with Crippen molar-refractivity contribution in [1.82, 2.24) is 0 Å². The Morgan fingerprint density at radius 3 is 1.94 bits per heavy atom. The molecule has 180 valence electrons. The van der Waals surface area contributed by atoms with Gasteiger partial charge in [-0.05, 0) is 64.6 Å². The first-order valence-electron chi connectivity index (χ1n) is 11.9. The minimum Gasteiger partial charge on any atom is -0.356 e. The summed E-state index contributed by atoms with van der Waals surface area (Å²) < 4.78 is 13.5. The summed E-state index contributed by atoms with van der Waals surface area (Å²) in [6.07, 6.45) is 0. The van der Waals surface area contributed by atoms with E-state index in [0.717, 1.165) is 28.1 Å². The second kappa shape index (κ2) is 9.08. The Hall–Kier alpha value is -4.25. The Balaban J connectivity index is 1.38. The highest BCUT2D eigenvalue weighted by molar-refractivity contribution is 6.52. The summed E-state index contributed by atoms with van der Waals surface area (Å²) in [6.45, 7) is 6.83. The van der Waals surface area contributed by atoms with E-state index in [1.165, 1.54) is 22.6 Å². The van der Waals surface area contributed by atoms with Crippen molar-refractivity contribution in [2.45, 2.75) is 32.7 Å². The number of amides is 1. The molecule has 0 fully saturated rings. The second-order valence-corrected chi connectivity index (χ2v) is 10.1. The first-order valence-corrected chi connectivity index (χ1v) is 11.9. The molecule has 4 aromatic rings. The van der Waals surface area contributed by atoms with E-state index in [1.54, 1.807) is 24.3 Å². The summed E-state index contributed by atoms with van der Waals surface area (Å²) >= 11 is 0. The number of rotatable bonds is 5. The zero-order chi connectivity index (χ0) is 25.4.